The van der Waals surface area contributed by atoms with E-state index in [2.05, 4.69) is 0 Å². The molecule has 0 spiro atoms. The van der Waals surface area contributed by atoms with E-state index in [9.17, 15) is 19.2 Å². The first kappa shape index (κ1) is 27.2. The minimum absolute atomic E-state index is 0. The van der Waals surface area contributed by atoms with Crippen LogP contribution in [0.1, 0.15) is 39.5 Å². The summed E-state index contributed by atoms with van der Waals surface area (Å²) in [6, 6.07) is 0. The molecule has 0 fully saturated rings. The van der Waals surface area contributed by atoms with E-state index < -0.39 is 11.9 Å². The Kier molecular flexibility index (Phi) is 26.9. The molecule has 0 aromatic rings. The number of Topliss-reactive ketones (excluding diaryl/α,β-unsaturated/α-hetero) is 2. The molecular weight excluding hydrogens is 296 g/mol. The molecule has 2 N–H and O–H groups in total. The first-order valence-corrected chi connectivity index (χ1v) is 4.68. The van der Waals surface area contributed by atoms with E-state index in [1.54, 1.807) is 0 Å². The summed E-state index contributed by atoms with van der Waals surface area (Å²) in [5.41, 5.74) is 0. The maximum absolute atomic E-state index is 10.1. The number of carboxylic acid groups (broad SMARTS) is 2. The van der Waals surface area contributed by atoms with Crippen molar-refractivity contribution in [1.29, 1.82) is 0 Å². The second kappa shape index (κ2) is 17.8. The molecule has 0 unspecified atom stereocenters. The van der Waals surface area contributed by atoms with Crippen molar-refractivity contribution in [1.82, 2.24) is 0 Å². The summed E-state index contributed by atoms with van der Waals surface area (Å²) in [7, 11) is 0. The molecule has 0 saturated carbocycles. The van der Waals surface area contributed by atoms with Crippen molar-refractivity contribution in [2.24, 2.45) is 0 Å². The van der Waals surface area contributed by atoms with Crippen LogP contribution in [0.4, 0.5) is 0 Å². The van der Waals surface area contributed by atoms with Crippen molar-refractivity contribution in [2.45, 2.75) is 39.5 Å². The van der Waals surface area contributed by atoms with Crippen LogP contribution in [0.15, 0.2) is 0 Å². The first-order chi connectivity index (χ1) is 7.25. The number of carboxylic acids is 2. The van der Waals surface area contributed by atoms with Crippen LogP contribution >= 0.6 is 0 Å². The van der Waals surface area contributed by atoms with Gasteiger partial charge in [-0.2, -0.15) is 0 Å². The molecule has 0 aliphatic carbocycles. The summed E-state index contributed by atoms with van der Waals surface area (Å²) in [4.78, 5) is 39.7. The third-order valence-corrected chi connectivity index (χ3v) is 1.38. The number of hydrogen-bond donors (Lipinski definition) is 2. The number of carbonyl (C=O) groups excluding carboxylic acids is 2. The molecule has 6 nitrogen and oxygen atoms in total. The van der Waals surface area contributed by atoms with Gasteiger partial charge in [0.1, 0.15) is 11.6 Å². The molecule has 100 valence electrons. The third kappa shape index (κ3) is 36.0. The van der Waals surface area contributed by atoms with E-state index in [4.69, 9.17) is 10.2 Å². The van der Waals surface area contributed by atoms with E-state index >= 15 is 0 Å². The zero-order valence-corrected chi connectivity index (χ0v) is 9.36. The Labute approximate surface area is 165 Å². The van der Waals surface area contributed by atoms with Crippen molar-refractivity contribution in [2.75, 3.05) is 0 Å². The van der Waals surface area contributed by atoms with Crippen molar-refractivity contribution in [3.63, 3.8) is 0 Å². The molecule has 0 radical (unpaired) electrons. The normalized spacial score (nSPS) is 7.67. The van der Waals surface area contributed by atoms with Gasteiger partial charge in [-0.1, -0.05) is 0 Å². The summed E-state index contributed by atoms with van der Waals surface area (Å²) in [5.74, 6) is -1.99. The van der Waals surface area contributed by atoms with Gasteiger partial charge in [-0.25, -0.2) is 0 Å². The topological polar surface area (TPSA) is 109 Å². The number of hydrogen-bond acceptors (Lipinski definition) is 4. The molecule has 8 heteroatoms. The quantitative estimate of drug-likeness (QED) is 0.612. The molecule has 0 rings (SSSR count). The van der Waals surface area contributed by atoms with Gasteiger partial charge < -0.3 is 19.8 Å². The van der Waals surface area contributed by atoms with Gasteiger partial charge in [-0.05, 0) is 13.8 Å². The van der Waals surface area contributed by atoms with Gasteiger partial charge in [-0.3, -0.25) is 9.59 Å². The SMILES string of the molecule is CC(=O)CCC(=O)O.CC(=O)CCC(=O)O.[CaH2].[CaH2]. The van der Waals surface area contributed by atoms with Gasteiger partial charge in [0.15, 0.2) is 0 Å². The second-order valence-electron chi connectivity index (χ2n) is 3.19. The summed E-state index contributed by atoms with van der Waals surface area (Å²) in [5, 5.41) is 16.0. The Morgan fingerprint density at radius 1 is 0.667 bits per heavy atom. The van der Waals surface area contributed by atoms with E-state index in [1.165, 1.54) is 13.8 Å². The van der Waals surface area contributed by atoms with Gasteiger partial charge in [0.2, 0.25) is 0 Å². The molecule has 0 saturated heterocycles. The number of carbonyl (C=O) groups is 4. The summed E-state index contributed by atoms with van der Waals surface area (Å²) in [6.07, 6.45) is 0.204. The number of rotatable bonds is 6. The average Bonchev–Trinajstić information content (AvgIpc) is 2.12. The maximum atomic E-state index is 10.1. The Hall–Kier alpha value is 0.799. The molecule has 0 aromatic heterocycles. The van der Waals surface area contributed by atoms with Crippen molar-refractivity contribution >= 4 is 99.0 Å². The number of aliphatic carboxylic acids is 2. The predicted octanol–water partition coefficient (Wildman–Crippen LogP) is -0.952. The van der Waals surface area contributed by atoms with E-state index in [-0.39, 0.29) is 113 Å². The average molecular weight is 316 g/mol. The van der Waals surface area contributed by atoms with Crippen LogP contribution in [0.25, 0.3) is 0 Å². The molecule has 0 heterocycles. The van der Waals surface area contributed by atoms with Crippen LogP contribution in [0.2, 0.25) is 0 Å². The monoisotopic (exact) mass is 316 g/mol. The zero-order valence-electron chi connectivity index (χ0n) is 9.36. The molecule has 0 amide bonds. The zero-order chi connectivity index (χ0) is 13.1. The molecule has 0 aliphatic rings. The van der Waals surface area contributed by atoms with Gasteiger partial charge >= 0.3 is 87.4 Å². The van der Waals surface area contributed by atoms with Crippen molar-refractivity contribution in [3.8, 4) is 0 Å². The minimum atomic E-state index is -0.916. The molecule has 0 aromatic carbocycles. The standard InChI is InChI=1S/2C5H8O3.2Ca.4H/c2*1-4(6)2-3-5(7)8;;;;;;/h2*2-3H2,1H3,(H,7,8);;;;;;. The molecular formula is C10H20Ca2O6. The van der Waals surface area contributed by atoms with Crippen molar-refractivity contribution in [3.05, 3.63) is 0 Å². The van der Waals surface area contributed by atoms with Gasteiger partial charge in [0.05, 0.1) is 12.8 Å². The third-order valence-electron chi connectivity index (χ3n) is 1.38. The molecule has 0 atom stereocenters. The van der Waals surface area contributed by atoms with Crippen LogP contribution in [-0.4, -0.2) is 109 Å². The fourth-order valence-corrected chi connectivity index (χ4v) is 0.566. The van der Waals surface area contributed by atoms with Gasteiger partial charge in [-0.15, -0.1) is 0 Å². The second-order valence-corrected chi connectivity index (χ2v) is 3.19. The Morgan fingerprint density at radius 2 is 0.889 bits per heavy atom. The fourth-order valence-electron chi connectivity index (χ4n) is 0.566. The molecule has 0 aliphatic heterocycles. The van der Waals surface area contributed by atoms with Gasteiger partial charge in [0, 0.05) is 12.8 Å². The fraction of sp³-hybridized carbons (Fsp3) is 0.600. The summed E-state index contributed by atoms with van der Waals surface area (Å²) in [6.45, 7) is 2.76. The summed E-state index contributed by atoms with van der Waals surface area (Å²) >= 11 is 0. The van der Waals surface area contributed by atoms with Crippen molar-refractivity contribution < 1.29 is 29.4 Å². The van der Waals surface area contributed by atoms with E-state index in [0.717, 1.165) is 0 Å². The van der Waals surface area contributed by atoms with Crippen LogP contribution in [0, 0.1) is 0 Å². The van der Waals surface area contributed by atoms with Crippen LogP contribution in [-0.2, 0) is 19.2 Å². The predicted molar refractivity (Wildman–Crippen MR) is 72.2 cm³/mol. The van der Waals surface area contributed by atoms with Gasteiger partial charge in [0.25, 0.3) is 0 Å². The first-order valence-electron chi connectivity index (χ1n) is 4.68. The summed E-state index contributed by atoms with van der Waals surface area (Å²) < 4.78 is 0. The number of ketones is 2. The Balaban J connectivity index is -0.0000000980. The van der Waals surface area contributed by atoms with Crippen LogP contribution in [0.5, 0.6) is 0 Å². The van der Waals surface area contributed by atoms with Crippen LogP contribution in [0.3, 0.4) is 0 Å². The molecule has 0 bridgehead atoms. The Morgan fingerprint density at radius 3 is 0.944 bits per heavy atom. The van der Waals surface area contributed by atoms with E-state index in [1.807, 2.05) is 0 Å². The van der Waals surface area contributed by atoms with Crippen LogP contribution < -0.4 is 0 Å². The molecule has 18 heavy (non-hydrogen) atoms. The van der Waals surface area contributed by atoms with E-state index in [0.29, 0.717) is 0 Å². The Bertz CT molecular complexity index is 222.